The van der Waals surface area contributed by atoms with E-state index in [0.717, 1.165) is 4.90 Å². The summed E-state index contributed by atoms with van der Waals surface area (Å²) in [5.74, 6) is -2.18. The maximum absolute atomic E-state index is 12.9. The quantitative estimate of drug-likeness (QED) is 0.399. The van der Waals surface area contributed by atoms with Crippen molar-refractivity contribution in [3.05, 3.63) is 63.6 Å². The number of amides is 4. The predicted octanol–water partition coefficient (Wildman–Crippen LogP) is 3.60. The molecule has 0 unspecified atom stereocenters. The number of hydrogen-bond acceptors (Lipinski definition) is 6. The topological polar surface area (TPSA) is 102 Å². The van der Waals surface area contributed by atoms with Gasteiger partial charge in [0.1, 0.15) is 5.57 Å². The molecular formula is C21H16Cl2N2O6. The number of ether oxygens (including phenoxy) is 2. The molecule has 0 radical (unpaired) electrons. The van der Waals surface area contributed by atoms with Crippen LogP contribution >= 0.6 is 23.2 Å². The first-order valence-corrected chi connectivity index (χ1v) is 9.81. The second-order valence-electron chi connectivity index (χ2n) is 6.20. The van der Waals surface area contributed by atoms with E-state index in [1.165, 1.54) is 18.2 Å². The molecule has 160 valence electrons. The average molecular weight is 463 g/mol. The van der Waals surface area contributed by atoms with Gasteiger partial charge >= 0.3 is 12.0 Å². The molecule has 0 aliphatic carbocycles. The number of nitrogens with zero attached hydrogens (tertiary/aromatic N) is 1. The molecule has 1 saturated heterocycles. The van der Waals surface area contributed by atoms with Crippen molar-refractivity contribution < 1.29 is 28.7 Å². The number of hydrogen-bond donors (Lipinski definition) is 1. The molecule has 0 saturated carbocycles. The van der Waals surface area contributed by atoms with Crippen molar-refractivity contribution in [2.24, 2.45) is 0 Å². The fourth-order valence-electron chi connectivity index (χ4n) is 2.77. The lowest BCUT2D eigenvalue weighted by atomic mass is 10.1. The number of imide groups is 2. The summed E-state index contributed by atoms with van der Waals surface area (Å²) in [6.07, 6.45) is 1.26. The fraction of sp³-hybridized carbons (Fsp3) is 0.143. The van der Waals surface area contributed by atoms with Crippen LogP contribution in [-0.4, -0.2) is 37.0 Å². The van der Waals surface area contributed by atoms with E-state index < -0.39 is 23.8 Å². The van der Waals surface area contributed by atoms with Gasteiger partial charge in [0.2, 0.25) is 0 Å². The van der Waals surface area contributed by atoms with Crippen molar-refractivity contribution in [3.8, 4) is 5.75 Å². The van der Waals surface area contributed by atoms with Crippen molar-refractivity contribution >= 4 is 58.8 Å². The number of benzene rings is 2. The zero-order valence-corrected chi connectivity index (χ0v) is 17.7. The van der Waals surface area contributed by atoms with Crippen LogP contribution in [0.4, 0.5) is 10.5 Å². The van der Waals surface area contributed by atoms with Gasteiger partial charge in [-0.05, 0) is 42.8 Å². The van der Waals surface area contributed by atoms with Gasteiger partial charge in [0.15, 0.2) is 12.4 Å². The molecule has 3 rings (SSSR count). The minimum Gasteiger partial charge on any atom is -0.479 e. The molecular weight excluding hydrogens is 447 g/mol. The smallest absolute Gasteiger partial charge is 0.344 e. The lowest BCUT2D eigenvalue weighted by Gasteiger charge is -2.26. The number of esters is 1. The van der Waals surface area contributed by atoms with Gasteiger partial charge < -0.3 is 9.47 Å². The number of barbiturate groups is 1. The first kappa shape index (κ1) is 22.3. The Morgan fingerprint density at radius 3 is 2.35 bits per heavy atom. The van der Waals surface area contributed by atoms with Crippen LogP contribution in [0.15, 0.2) is 48.0 Å². The number of carbonyl (C=O) groups excluding carboxylic acids is 4. The molecule has 1 heterocycles. The molecule has 0 aromatic heterocycles. The number of urea groups is 1. The summed E-state index contributed by atoms with van der Waals surface area (Å²) in [6, 6.07) is 10.1. The second-order valence-corrected chi connectivity index (χ2v) is 7.02. The summed E-state index contributed by atoms with van der Waals surface area (Å²) in [6.45, 7) is 1.48. The molecule has 0 bridgehead atoms. The van der Waals surface area contributed by atoms with Gasteiger partial charge in [0.25, 0.3) is 11.8 Å². The summed E-state index contributed by atoms with van der Waals surface area (Å²) in [5.41, 5.74) is 0.345. The van der Waals surface area contributed by atoms with Crippen LogP contribution in [0, 0.1) is 0 Å². The molecule has 0 atom stereocenters. The molecule has 1 fully saturated rings. The molecule has 8 nitrogen and oxygen atoms in total. The third-order valence-electron chi connectivity index (χ3n) is 4.09. The van der Waals surface area contributed by atoms with Crippen LogP contribution < -0.4 is 15.0 Å². The minimum atomic E-state index is -0.850. The highest BCUT2D eigenvalue weighted by Gasteiger charge is 2.36. The number of para-hydroxylation sites is 1. The zero-order valence-electron chi connectivity index (χ0n) is 16.2. The van der Waals surface area contributed by atoms with Gasteiger partial charge in [-0.15, -0.1) is 0 Å². The summed E-state index contributed by atoms with van der Waals surface area (Å²) in [5, 5.41) is 2.25. The lowest BCUT2D eigenvalue weighted by Crippen LogP contribution is -2.54. The highest BCUT2D eigenvalue weighted by atomic mass is 35.5. The van der Waals surface area contributed by atoms with E-state index in [2.05, 4.69) is 5.32 Å². The van der Waals surface area contributed by atoms with Crippen molar-refractivity contribution in [1.82, 2.24) is 5.32 Å². The average Bonchev–Trinajstić information content (AvgIpc) is 2.71. The van der Waals surface area contributed by atoms with E-state index in [4.69, 9.17) is 32.7 Å². The summed E-state index contributed by atoms with van der Waals surface area (Å²) < 4.78 is 10.1. The molecule has 1 N–H and O–H groups in total. The fourth-order valence-corrected chi connectivity index (χ4v) is 3.38. The van der Waals surface area contributed by atoms with E-state index >= 15 is 0 Å². The van der Waals surface area contributed by atoms with E-state index in [1.54, 1.807) is 37.3 Å². The van der Waals surface area contributed by atoms with Crippen LogP contribution in [0.1, 0.15) is 12.5 Å². The van der Waals surface area contributed by atoms with E-state index in [-0.39, 0.29) is 34.6 Å². The maximum atomic E-state index is 12.9. The second kappa shape index (κ2) is 9.63. The first-order valence-electron chi connectivity index (χ1n) is 9.05. The van der Waals surface area contributed by atoms with Crippen LogP contribution in [0.2, 0.25) is 10.0 Å². The Morgan fingerprint density at radius 1 is 1.10 bits per heavy atom. The van der Waals surface area contributed by atoms with Gasteiger partial charge in [0, 0.05) is 0 Å². The highest BCUT2D eigenvalue weighted by molar-refractivity contribution is 6.40. The van der Waals surface area contributed by atoms with E-state index in [1.807, 2.05) is 0 Å². The molecule has 10 heteroatoms. The van der Waals surface area contributed by atoms with Crippen LogP contribution in [0.3, 0.4) is 0 Å². The van der Waals surface area contributed by atoms with Gasteiger partial charge in [-0.3, -0.25) is 14.9 Å². The zero-order chi connectivity index (χ0) is 22.5. The molecule has 2 aromatic rings. The number of anilines is 1. The minimum absolute atomic E-state index is 0.0547. The Morgan fingerprint density at radius 2 is 1.74 bits per heavy atom. The summed E-state index contributed by atoms with van der Waals surface area (Å²) >= 11 is 12.4. The van der Waals surface area contributed by atoms with Gasteiger partial charge in [-0.1, -0.05) is 41.4 Å². The van der Waals surface area contributed by atoms with Crippen LogP contribution in [0.25, 0.3) is 6.08 Å². The Hall–Kier alpha value is -3.36. The third kappa shape index (κ3) is 5.04. The van der Waals surface area contributed by atoms with E-state index in [0.29, 0.717) is 11.3 Å². The Labute approximate surface area is 187 Å². The Bertz CT molecular complexity index is 1060. The Kier molecular flexibility index (Phi) is 6.94. The molecule has 1 aliphatic rings. The highest BCUT2D eigenvalue weighted by Crippen LogP contribution is 2.35. The normalized spacial score (nSPS) is 15.1. The molecule has 0 spiro atoms. The van der Waals surface area contributed by atoms with E-state index in [9.17, 15) is 19.2 Å². The standard InChI is InChI=1S/C21H16Cl2N2O6/c1-2-30-17(26)11-31-18-15(22)9-12(10-16(18)23)8-14-19(27)24-21(29)25(20(14)28)13-6-4-3-5-7-13/h3-10H,2,11H2,1H3,(H,24,27,29)/b14-8+. The number of nitrogens with one attached hydrogen (secondary N) is 1. The van der Waals surface area contributed by atoms with Gasteiger partial charge in [-0.25, -0.2) is 14.5 Å². The van der Waals surface area contributed by atoms with Crippen LogP contribution in [0.5, 0.6) is 5.75 Å². The maximum Gasteiger partial charge on any atom is 0.344 e. The summed E-state index contributed by atoms with van der Waals surface area (Å²) in [4.78, 5) is 49.6. The van der Waals surface area contributed by atoms with Crippen molar-refractivity contribution in [3.63, 3.8) is 0 Å². The number of carbonyl (C=O) groups is 4. The molecule has 1 aliphatic heterocycles. The van der Waals surface area contributed by atoms with Crippen molar-refractivity contribution in [2.75, 3.05) is 18.1 Å². The van der Waals surface area contributed by atoms with Gasteiger partial charge in [0.05, 0.1) is 22.3 Å². The molecule has 2 aromatic carbocycles. The SMILES string of the molecule is CCOC(=O)COc1c(Cl)cc(/C=C2\C(=O)NC(=O)N(c3ccccc3)C2=O)cc1Cl. The number of halogens is 2. The lowest BCUT2D eigenvalue weighted by molar-refractivity contribution is -0.145. The van der Waals surface area contributed by atoms with Crippen molar-refractivity contribution in [2.45, 2.75) is 6.92 Å². The molecule has 31 heavy (non-hydrogen) atoms. The number of rotatable bonds is 6. The molecule has 4 amide bonds. The first-order chi connectivity index (χ1) is 14.8. The largest absolute Gasteiger partial charge is 0.479 e. The predicted molar refractivity (Wildman–Crippen MR) is 114 cm³/mol. The summed E-state index contributed by atoms with van der Waals surface area (Å²) in [7, 11) is 0. The monoisotopic (exact) mass is 462 g/mol. The van der Waals surface area contributed by atoms with Gasteiger partial charge in [-0.2, -0.15) is 0 Å². The Balaban J connectivity index is 1.89. The third-order valence-corrected chi connectivity index (χ3v) is 4.65. The van der Waals surface area contributed by atoms with Crippen LogP contribution in [-0.2, 0) is 19.1 Å². The van der Waals surface area contributed by atoms with Crippen molar-refractivity contribution in [1.29, 1.82) is 0 Å².